The number of hydrazine groups is 1. The first kappa shape index (κ1) is 14.8. The van der Waals surface area contributed by atoms with Crippen molar-refractivity contribution in [1.29, 1.82) is 0 Å². The second-order valence-corrected chi connectivity index (χ2v) is 5.77. The van der Waals surface area contributed by atoms with Gasteiger partial charge in [-0.1, -0.05) is 18.2 Å². The maximum Gasteiger partial charge on any atom is 0.0608 e. The molecule has 4 nitrogen and oxygen atoms in total. The van der Waals surface area contributed by atoms with Crippen LogP contribution in [-0.4, -0.2) is 49.7 Å². The van der Waals surface area contributed by atoms with Crippen LogP contribution in [0.3, 0.4) is 0 Å². The average Bonchev–Trinajstić information content (AvgIpc) is 2.47. The summed E-state index contributed by atoms with van der Waals surface area (Å²) in [6.45, 7) is 4.52. The molecule has 1 aliphatic rings. The van der Waals surface area contributed by atoms with Crippen molar-refractivity contribution in [2.75, 3.05) is 38.6 Å². The van der Waals surface area contributed by atoms with Crippen molar-refractivity contribution in [1.82, 2.24) is 10.4 Å². The summed E-state index contributed by atoms with van der Waals surface area (Å²) in [5.41, 5.74) is 9.55. The van der Waals surface area contributed by atoms with Crippen molar-refractivity contribution in [2.24, 2.45) is 5.73 Å². The Kier molecular flexibility index (Phi) is 6.67. The molecule has 1 aromatic carbocycles. The van der Waals surface area contributed by atoms with Crippen molar-refractivity contribution < 1.29 is 4.74 Å². The molecule has 0 saturated carbocycles. The molecule has 1 heterocycles. The molecule has 1 aromatic rings. The van der Waals surface area contributed by atoms with Crippen molar-refractivity contribution in [2.45, 2.75) is 17.4 Å². The van der Waals surface area contributed by atoms with E-state index in [0.717, 1.165) is 45.0 Å². The van der Waals surface area contributed by atoms with Crippen LogP contribution in [0.25, 0.3) is 0 Å². The van der Waals surface area contributed by atoms with Gasteiger partial charge in [0.05, 0.1) is 13.2 Å². The highest BCUT2D eigenvalue weighted by atomic mass is 32.2. The van der Waals surface area contributed by atoms with Gasteiger partial charge in [0, 0.05) is 36.3 Å². The Morgan fingerprint density at radius 2 is 2.00 bits per heavy atom. The fraction of sp³-hybridized carbons (Fsp3) is 0.571. The third-order valence-corrected chi connectivity index (χ3v) is 4.27. The lowest BCUT2D eigenvalue weighted by Gasteiger charge is -2.27. The standard InChI is InChI=1S/C14H23N3OS/c15-13(12-19-14-4-2-1-3-5-14)6-7-16-17-8-10-18-11-9-17/h1-5,13,16H,6-12,15H2/t13-/m1/s1. The van der Waals surface area contributed by atoms with Gasteiger partial charge in [0.15, 0.2) is 0 Å². The minimum atomic E-state index is 0.235. The van der Waals surface area contributed by atoms with Gasteiger partial charge in [-0.25, -0.2) is 5.01 Å². The number of thioether (sulfide) groups is 1. The number of nitrogens with two attached hydrogens (primary N) is 1. The highest BCUT2D eigenvalue weighted by Crippen LogP contribution is 2.17. The molecule has 1 aliphatic heterocycles. The average molecular weight is 281 g/mol. The van der Waals surface area contributed by atoms with Crippen molar-refractivity contribution in [3.05, 3.63) is 30.3 Å². The van der Waals surface area contributed by atoms with E-state index in [4.69, 9.17) is 10.5 Å². The third kappa shape index (κ3) is 5.93. The smallest absolute Gasteiger partial charge is 0.0608 e. The van der Waals surface area contributed by atoms with E-state index >= 15 is 0 Å². The summed E-state index contributed by atoms with van der Waals surface area (Å²) in [4.78, 5) is 1.29. The number of ether oxygens (including phenoxy) is 1. The first-order chi connectivity index (χ1) is 9.34. The Hall–Kier alpha value is -0.590. The number of nitrogens with zero attached hydrogens (tertiary/aromatic N) is 1. The summed E-state index contributed by atoms with van der Waals surface area (Å²) in [6, 6.07) is 10.7. The minimum absolute atomic E-state index is 0.235. The molecule has 1 fully saturated rings. The normalized spacial score (nSPS) is 18.4. The molecule has 0 spiro atoms. The van der Waals surface area contributed by atoms with Gasteiger partial charge in [0.2, 0.25) is 0 Å². The molecular formula is C14H23N3OS. The minimum Gasteiger partial charge on any atom is -0.379 e. The van der Waals surface area contributed by atoms with E-state index < -0.39 is 0 Å². The Bertz CT molecular complexity index is 344. The van der Waals surface area contributed by atoms with Gasteiger partial charge < -0.3 is 10.5 Å². The van der Waals surface area contributed by atoms with Crippen LogP contribution in [-0.2, 0) is 4.74 Å². The SMILES string of the molecule is N[C@H](CCNN1CCOCC1)CSc1ccccc1. The Balaban J connectivity index is 1.55. The van der Waals surface area contributed by atoms with Crippen LogP contribution in [0.1, 0.15) is 6.42 Å². The summed E-state index contributed by atoms with van der Waals surface area (Å²) in [5, 5.41) is 2.22. The molecule has 0 amide bonds. The molecule has 2 rings (SSSR count). The Labute approximate surface area is 119 Å². The van der Waals surface area contributed by atoms with Gasteiger partial charge in [0.25, 0.3) is 0 Å². The second kappa shape index (κ2) is 8.55. The van der Waals surface area contributed by atoms with Gasteiger partial charge in [0.1, 0.15) is 0 Å². The molecule has 3 N–H and O–H groups in total. The number of nitrogens with one attached hydrogen (secondary N) is 1. The molecular weight excluding hydrogens is 258 g/mol. The maximum atomic E-state index is 6.13. The van der Waals surface area contributed by atoms with E-state index in [9.17, 15) is 0 Å². The molecule has 0 aliphatic carbocycles. The predicted octanol–water partition coefficient (Wildman–Crippen LogP) is 1.33. The monoisotopic (exact) mass is 281 g/mol. The quantitative estimate of drug-likeness (QED) is 0.739. The van der Waals surface area contributed by atoms with Crippen LogP contribution in [0, 0.1) is 0 Å². The zero-order valence-electron chi connectivity index (χ0n) is 11.3. The molecule has 0 unspecified atom stereocenters. The number of hydrogen-bond acceptors (Lipinski definition) is 5. The van der Waals surface area contributed by atoms with E-state index in [1.165, 1.54) is 4.90 Å². The highest BCUT2D eigenvalue weighted by Gasteiger charge is 2.10. The van der Waals surface area contributed by atoms with Gasteiger partial charge in [-0.05, 0) is 18.6 Å². The highest BCUT2D eigenvalue weighted by molar-refractivity contribution is 7.99. The Morgan fingerprint density at radius 1 is 1.26 bits per heavy atom. The summed E-state index contributed by atoms with van der Waals surface area (Å²) in [5.74, 6) is 0.967. The number of benzene rings is 1. The van der Waals surface area contributed by atoms with E-state index in [1.807, 2.05) is 17.8 Å². The van der Waals surface area contributed by atoms with Crippen molar-refractivity contribution in [3.63, 3.8) is 0 Å². The summed E-state index contributed by atoms with van der Waals surface area (Å²) in [6.07, 6.45) is 0.997. The predicted molar refractivity (Wildman–Crippen MR) is 80.2 cm³/mol. The van der Waals surface area contributed by atoms with E-state index in [2.05, 4.69) is 34.7 Å². The summed E-state index contributed by atoms with van der Waals surface area (Å²) in [7, 11) is 0. The first-order valence-corrected chi connectivity index (χ1v) is 7.83. The molecule has 5 heteroatoms. The molecule has 0 aromatic heterocycles. The molecule has 19 heavy (non-hydrogen) atoms. The van der Waals surface area contributed by atoms with Crippen molar-refractivity contribution >= 4 is 11.8 Å². The summed E-state index contributed by atoms with van der Waals surface area (Å²) >= 11 is 1.83. The molecule has 0 radical (unpaired) electrons. The largest absolute Gasteiger partial charge is 0.379 e. The molecule has 1 saturated heterocycles. The van der Waals surface area contributed by atoms with E-state index in [1.54, 1.807) is 0 Å². The second-order valence-electron chi connectivity index (χ2n) is 4.68. The van der Waals surface area contributed by atoms with Crippen LogP contribution in [0.5, 0.6) is 0 Å². The lowest BCUT2D eigenvalue weighted by molar-refractivity contribution is 0.0118. The van der Waals surface area contributed by atoms with E-state index in [0.29, 0.717) is 0 Å². The fourth-order valence-corrected chi connectivity index (χ4v) is 2.86. The van der Waals surface area contributed by atoms with Crippen LogP contribution >= 0.6 is 11.8 Å². The topological polar surface area (TPSA) is 50.5 Å². The van der Waals surface area contributed by atoms with Crippen LogP contribution in [0.15, 0.2) is 35.2 Å². The van der Waals surface area contributed by atoms with Crippen LogP contribution in [0.4, 0.5) is 0 Å². The zero-order valence-corrected chi connectivity index (χ0v) is 12.1. The van der Waals surface area contributed by atoms with Gasteiger partial charge >= 0.3 is 0 Å². The van der Waals surface area contributed by atoms with Gasteiger partial charge in [-0.3, -0.25) is 5.43 Å². The summed E-state index contributed by atoms with van der Waals surface area (Å²) < 4.78 is 5.30. The number of hydrogen-bond donors (Lipinski definition) is 2. The lowest BCUT2D eigenvalue weighted by atomic mass is 10.2. The number of rotatable bonds is 7. The van der Waals surface area contributed by atoms with Crippen LogP contribution < -0.4 is 11.2 Å². The molecule has 0 bridgehead atoms. The van der Waals surface area contributed by atoms with E-state index in [-0.39, 0.29) is 6.04 Å². The molecule has 1 atom stereocenters. The maximum absolute atomic E-state index is 6.13. The first-order valence-electron chi connectivity index (χ1n) is 6.84. The zero-order chi connectivity index (χ0) is 13.3. The number of morpholine rings is 1. The lowest BCUT2D eigenvalue weighted by Crippen LogP contribution is -2.46. The van der Waals surface area contributed by atoms with Gasteiger partial charge in [-0.2, -0.15) is 0 Å². The van der Waals surface area contributed by atoms with Crippen molar-refractivity contribution in [3.8, 4) is 0 Å². The third-order valence-electron chi connectivity index (χ3n) is 3.07. The fourth-order valence-electron chi connectivity index (χ4n) is 1.93. The van der Waals surface area contributed by atoms with Crippen LogP contribution in [0.2, 0.25) is 0 Å². The van der Waals surface area contributed by atoms with Gasteiger partial charge in [-0.15, -0.1) is 11.8 Å². The Morgan fingerprint density at radius 3 is 2.74 bits per heavy atom. The molecule has 106 valence electrons.